The van der Waals surface area contributed by atoms with Gasteiger partial charge in [0.05, 0.1) is 29.9 Å². The van der Waals surface area contributed by atoms with Crippen LogP contribution in [-0.2, 0) is 4.79 Å². The first-order valence-electron chi connectivity index (χ1n) is 11.4. The highest BCUT2D eigenvalue weighted by atomic mass is 16.5. The van der Waals surface area contributed by atoms with Gasteiger partial charge in [-0.2, -0.15) is 0 Å². The highest BCUT2D eigenvalue weighted by Gasteiger charge is 2.22. The number of hydrogen-bond donors (Lipinski definition) is 5. The summed E-state index contributed by atoms with van der Waals surface area (Å²) in [7, 11) is 0. The Morgan fingerprint density at radius 1 is 0.718 bits per heavy atom. The van der Waals surface area contributed by atoms with E-state index in [-0.39, 0.29) is 29.9 Å². The van der Waals surface area contributed by atoms with Crippen LogP contribution in [0.3, 0.4) is 0 Å². The average molecular weight is 543 g/mol. The monoisotopic (exact) mass is 542 g/mol. The molecule has 0 spiro atoms. The van der Waals surface area contributed by atoms with Gasteiger partial charge >= 0.3 is 17.9 Å². The summed E-state index contributed by atoms with van der Waals surface area (Å²) < 4.78 is 10.6. The number of hydrogen-bond acceptors (Lipinski definition) is 9. The van der Waals surface area contributed by atoms with Crippen molar-refractivity contribution >= 4 is 23.9 Å². The van der Waals surface area contributed by atoms with E-state index in [4.69, 9.17) is 34.7 Å². The van der Waals surface area contributed by atoms with Crippen molar-refractivity contribution in [2.75, 3.05) is 13.2 Å². The number of aliphatic hydroxyl groups is 3. The van der Waals surface area contributed by atoms with Crippen LogP contribution in [0.25, 0.3) is 0 Å². The van der Waals surface area contributed by atoms with Gasteiger partial charge in [-0.05, 0) is 55.3 Å². The van der Waals surface area contributed by atoms with Gasteiger partial charge in [0.1, 0.15) is 17.6 Å². The lowest BCUT2D eigenvalue weighted by atomic mass is 10.0. The number of para-hydroxylation sites is 2. The second kappa shape index (κ2) is 16.3. The Labute approximate surface area is 224 Å². The number of rotatable bonds is 7. The zero-order valence-corrected chi connectivity index (χ0v) is 21.5. The molecule has 11 nitrogen and oxygen atoms in total. The average Bonchev–Trinajstić information content (AvgIpc) is 2.90. The fourth-order valence-corrected chi connectivity index (χ4v) is 2.74. The van der Waals surface area contributed by atoms with E-state index in [0.717, 1.165) is 24.1 Å². The Kier molecular flexibility index (Phi) is 13.6. The van der Waals surface area contributed by atoms with Crippen LogP contribution in [0.5, 0.6) is 11.5 Å². The first-order valence-corrected chi connectivity index (χ1v) is 11.4. The van der Waals surface area contributed by atoms with Gasteiger partial charge in [0.2, 0.25) is 0 Å². The van der Waals surface area contributed by atoms with Gasteiger partial charge in [0.25, 0.3) is 5.97 Å². The van der Waals surface area contributed by atoms with E-state index in [2.05, 4.69) is 0 Å². The van der Waals surface area contributed by atoms with Gasteiger partial charge in [-0.15, -0.1) is 0 Å². The molecular formula is C28H30O11. The molecule has 0 aliphatic carbocycles. The van der Waals surface area contributed by atoms with E-state index in [9.17, 15) is 19.5 Å². The molecule has 0 saturated carbocycles. The maximum atomic E-state index is 12.5. The number of carboxylic acid groups (broad SMARTS) is 2. The zero-order chi connectivity index (χ0) is 29.5. The van der Waals surface area contributed by atoms with Crippen LogP contribution >= 0.6 is 0 Å². The third-order valence-electron chi connectivity index (χ3n) is 4.72. The van der Waals surface area contributed by atoms with Crippen molar-refractivity contribution in [2.45, 2.75) is 26.9 Å². The summed E-state index contributed by atoms with van der Waals surface area (Å²) in [4.78, 5) is 45.6. The Balaban J connectivity index is 0.000000651. The molecule has 0 saturated heterocycles. The molecule has 0 heterocycles. The second-order valence-corrected chi connectivity index (χ2v) is 7.91. The SMILES string of the molecule is CC(=O)O.Cc1ccccc1OC(=O)c1ccc(C(=O)Oc2ccccc2C)c(C(=O)O)c1.OCC(O)CO. The number of ether oxygens (including phenoxy) is 2. The second-order valence-electron chi connectivity index (χ2n) is 7.91. The van der Waals surface area contributed by atoms with Gasteiger partial charge in [-0.1, -0.05) is 36.4 Å². The highest BCUT2D eigenvalue weighted by molar-refractivity contribution is 6.05. The molecule has 39 heavy (non-hydrogen) atoms. The topological polar surface area (TPSA) is 188 Å². The summed E-state index contributed by atoms with van der Waals surface area (Å²) in [6.45, 7) is 3.91. The van der Waals surface area contributed by atoms with Gasteiger partial charge in [-0.3, -0.25) is 4.79 Å². The Morgan fingerprint density at radius 3 is 1.54 bits per heavy atom. The first-order chi connectivity index (χ1) is 18.4. The Bertz CT molecular complexity index is 1280. The standard InChI is InChI=1S/C23H18O6.C3H8O3.C2H4O2/c1-14-7-3-5-9-19(14)28-22(26)16-11-12-17(18(13-16)21(24)25)23(27)29-20-10-6-4-8-15(20)2;4-1-3(6)2-5;1-2(3)4/h3-13H,1-2H3,(H,24,25);3-6H,1-2H2;1H3,(H,3,4). The molecule has 3 aromatic carbocycles. The molecule has 208 valence electrons. The van der Waals surface area contributed by atoms with Crippen LogP contribution in [0.4, 0.5) is 0 Å². The lowest BCUT2D eigenvalue weighted by molar-refractivity contribution is -0.134. The van der Waals surface area contributed by atoms with E-state index < -0.39 is 30.0 Å². The molecule has 0 aliphatic rings. The van der Waals surface area contributed by atoms with Gasteiger partial charge in [0.15, 0.2) is 0 Å². The predicted octanol–water partition coefficient (Wildman–Crippen LogP) is 2.86. The minimum absolute atomic E-state index is 0.0121. The van der Waals surface area contributed by atoms with Crippen molar-refractivity contribution in [2.24, 2.45) is 0 Å². The molecule has 3 aromatic rings. The normalized spacial score (nSPS) is 9.82. The molecule has 0 amide bonds. The third-order valence-corrected chi connectivity index (χ3v) is 4.72. The van der Waals surface area contributed by atoms with Crippen LogP contribution in [0.2, 0.25) is 0 Å². The van der Waals surface area contributed by atoms with Crippen molar-refractivity contribution in [3.8, 4) is 11.5 Å². The minimum atomic E-state index is -1.35. The maximum absolute atomic E-state index is 12.5. The van der Waals surface area contributed by atoms with E-state index in [1.54, 1.807) is 56.3 Å². The number of aryl methyl sites for hydroxylation is 2. The van der Waals surface area contributed by atoms with Crippen LogP contribution in [0.15, 0.2) is 66.7 Å². The smallest absolute Gasteiger partial charge is 0.344 e. The summed E-state index contributed by atoms with van der Waals surface area (Å²) in [6.07, 6.45) is -0.954. The lowest BCUT2D eigenvalue weighted by Crippen LogP contribution is -2.17. The largest absolute Gasteiger partial charge is 0.481 e. The fraction of sp³-hybridized carbons (Fsp3) is 0.214. The van der Waals surface area contributed by atoms with E-state index in [1.165, 1.54) is 12.1 Å². The van der Waals surface area contributed by atoms with Crippen molar-refractivity contribution in [1.82, 2.24) is 0 Å². The van der Waals surface area contributed by atoms with E-state index in [0.29, 0.717) is 11.5 Å². The highest BCUT2D eigenvalue weighted by Crippen LogP contribution is 2.22. The van der Waals surface area contributed by atoms with Crippen molar-refractivity contribution < 1.29 is 54.2 Å². The Hall–Kier alpha value is -4.58. The first kappa shape index (κ1) is 32.4. The molecule has 3 rings (SSSR count). The van der Waals surface area contributed by atoms with Gasteiger partial charge in [-0.25, -0.2) is 14.4 Å². The van der Waals surface area contributed by atoms with Crippen molar-refractivity contribution in [3.05, 3.63) is 94.5 Å². The van der Waals surface area contributed by atoms with Crippen molar-refractivity contribution in [3.63, 3.8) is 0 Å². The molecule has 0 unspecified atom stereocenters. The quantitative estimate of drug-likeness (QED) is 0.218. The molecule has 0 bridgehead atoms. The molecule has 0 radical (unpaired) electrons. The minimum Gasteiger partial charge on any atom is -0.481 e. The number of aromatic carboxylic acids is 1. The van der Waals surface area contributed by atoms with Gasteiger partial charge < -0.3 is 35.0 Å². The van der Waals surface area contributed by atoms with Crippen LogP contribution in [0, 0.1) is 13.8 Å². The molecule has 0 aromatic heterocycles. The molecule has 0 fully saturated rings. The zero-order valence-electron chi connectivity index (χ0n) is 21.5. The predicted molar refractivity (Wildman–Crippen MR) is 139 cm³/mol. The molecular weight excluding hydrogens is 512 g/mol. The van der Waals surface area contributed by atoms with Crippen LogP contribution in [-0.4, -0.2) is 68.7 Å². The summed E-state index contributed by atoms with van der Waals surface area (Å²) in [6, 6.07) is 17.5. The number of carboxylic acids is 2. The summed E-state index contributed by atoms with van der Waals surface area (Å²) in [5.41, 5.74) is 1.00. The van der Waals surface area contributed by atoms with E-state index in [1.807, 2.05) is 6.07 Å². The summed E-state index contributed by atoms with van der Waals surface area (Å²) in [5.74, 6) is -3.03. The number of benzene rings is 3. The van der Waals surface area contributed by atoms with Crippen LogP contribution in [0.1, 0.15) is 49.1 Å². The number of carbonyl (C=O) groups excluding carboxylic acids is 2. The van der Waals surface area contributed by atoms with Crippen molar-refractivity contribution in [1.29, 1.82) is 0 Å². The Morgan fingerprint density at radius 2 is 1.15 bits per heavy atom. The molecule has 5 N–H and O–H groups in total. The molecule has 0 aliphatic heterocycles. The number of aliphatic hydroxyl groups excluding tert-OH is 3. The number of esters is 2. The third kappa shape index (κ3) is 11.1. The van der Waals surface area contributed by atoms with E-state index >= 15 is 0 Å². The van der Waals surface area contributed by atoms with Gasteiger partial charge in [0, 0.05) is 6.92 Å². The maximum Gasteiger partial charge on any atom is 0.344 e. The summed E-state index contributed by atoms with van der Waals surface area (Å²) in [5, 5.41) is 40.9. The molecule has 0 atom stereocenters. The van der Waals surface area contributed by atoms with Crippen LogP contribution < -0.4 is 9.47 Å². The summed E-state index contributed by atoms with van der Waals surface area (Å²) >= 11 is 0. The number of carbonyl (C=O) groups is 4. The fourth-order valence-electron chi connectivity index (χ4n) is 2.74. The number of aliphatic carboxylic acids is 1. The lowest BCUT2D eigenvalue weighted by Gasteiger charge is -2.11. The molecule has 11 heteroatoms.